The van der Waals surface area contributed by atoms with Gasteiger partial charge >= 0.3 is 5.97 Å². The molecule has 3 rings (SSSR count). The second kappa shape index (κ2) is 5.93. The summed E-state index contributed by atoms with van der Waals surface area (Å²) in [7, 11) is 0. The zero-order valence-corrected chi connectivity index (χ0v) is 11.6. The van der Waals surface area contributed by atoms with Crippen LogP contribution in [0, 0.1) is 0 Å². The molecule has 0 amide bonds. The molecule has 110 valence electrons. The number of carbonyl (C=O) groups is 1. The molecule has 1 saturated heterocycles. The van der Waals surface area contributed by atoms with E-state index in [1.54, 1.807) is 6.20 Å². The molecule has 1 N–H and O–H groups in total. The van der Waals surface area contributed by atoms with Crippen LogP contribution in [0.4, 0.5) is 0 Å². The highest BCUT2D eigenvalue weighted by Gasteiger charge is 2.28. The molecule has 0 aliphatic carbocycles. The first-order valence-electron chi connectivity index (χ1n) is 7.33. The zero-order valence-electron chi connectivity index (χ0n) is 11.6. The zero-order chi connectivity index (χ0) is 13.9. The van der Waals surface area contributed by atoms with E-state index < -0.39 is 5.97 Å². The molecule has 1 fully saturated rings. The van der Waals surface area contributed by atoms with Crippen molar-refractivity contribution in [1.29, 1.82) is 0 Å². The second-order valence-corrected chi connectivity index (χ2v) is 5.49. The summed E-state index contributed by atoms with van der Waals surface area (Å²) < 4.78 is 7.45. The van der Waals surface area contributed by atoms with Crippen LogP contribution >= 0.6 is 0 Å². The molecule has 0 radical (unpaired) electrons. The van der Waals surface area contributed by atoms with Crippen molar-refractivity contribution in [3.63, 3.8) is 0 Å². The number of imidazole rings is 1. The molecule has 1 unspecified atom stereocenters. The van der Waals surface area contributed by atoms with Crippen molar-refractivity contribution in [3.05, 3.63) is 17.7 Å². The van der Waals surface area contributed by atoms with E-state index in [0.29, 0.717) is 0 Å². The molecular formula is C14H21N3O3. The van der Waals surface area contributed by atoms with Crippen LogP contribution in [-0.4, -0.2) is 58.4 Å². The number of fused-ring (bicyclic) bond motifs is 1. The van der Waals surface area contributed by atoms with E-state index in [-0.39, 0.29) is 5.92 Å². The van der Waals surface area contributed by atoms with Crippen molar-refractivity contribution in [2.24, 2.45) is 0 Å². The standard InChI is InChI=1S/C14H21N3O3/c18-14(19)11-2-1-4-17-12(11)10-15-13(17)3-5-16-6-8-20-9-7-16/h10-11H,1-9H2,(H,18,19). The number of rotatable bonds is 4. The van der Waals surface area contributed by atoms with Crippen LogP contribution in [-0.2, 0) is 22.5 Å². The molecule has 6 nitrogen and oxygen atoms in total. The highest BCUT2D eigenvalue weighted by Crippen LogP contribution is 2.28. The number of carboxylic acids is 1. The van der Waals surface area contributed by atoms with Gasteiger partial charge in [-0.2, -0.15) is 0 Å². The second-order valence-electron chi connectivity index (χ2n) is 5.49. The van der Waals surface area contributed by atoms with E-state index in [0.717, 1.165) is 70.2 Å². The van der Waals surface area contributed by atoms with E-state index in [2.05, 4.69) is 14.5 Å². The lowest BCUT2D eigenvalue weighted by atomic mass is 9.96. The van der Waals surface area contributed by atoms with Gasteiger partial charge < -0.3 is 14.4 Å². The lowest BCUT2D eigenvalue weighted by molar-refractivity contribution is -0.139. The quantitative estimate of drug-likeness (QED) is 0.879. The molecule has 0 aromatic carbocycles. The molecule has 1 aromatic rings. The van der Waals surface area contributed by atoms with E-state index >= 15 is 0 Å². The number of morpholine rings is 1. The summed E-state index contributed by atoms with van der Waals surface area (Å²) in [6.07, 6.45) is 4.29. The van der Waals surface area contributed by atoms with E-state index in [9.17, 15) is 9.90 Å². The third kappa shape index (κ3) is 2.71. The lowest BCUT2D eigenvalue weighted by Crippen LogP contribution is -2.37. The first-order chi connectivity index (χ1) is 9.75. The van der Waals surface area contributed by atoms with Gasteiger partial charge in [0.05, 0.1) is 24.8 Å². The average molecular weight is 279 g/mol. The van der Waals surface area contributed by atoms with Gasteiger partial charge in [-0.3, -0.25) is 9.69 Å². The van der Waals surface area contributed by atoms with Crippen molar-refractivity contribution in [2.75, 3.05) is 32.8 Å². The van der Waals surface area contributed by atoms with Gasteiger partial charge in [-0.05, 0) is 12.8 Å². The predicted molar refractivity (Wildman–Crippen MR) is 72.8 cm³/mol. The van der Waals surface area contributed by atoms with Crippen LogP contribution in [0.2, 0.25) is 0 Å². The minimum Gasteiger partial charge on any atom is -0.481 e. The predicted octanol–water partition coefficient (Wildman–Crippen LogP) is 0.720. The normalized spacial score (nSPS) is 23.5. The van der Waals surface area contributed by atoms with Crippen LogP contribution < -0.4 is 0 Å². The Hall–Kier alpha value is -1.40. The first kappa shape index (κ1) is 13.6. The van der Waals surface area contributed by atoms with Gasteiger partial charge in [0.2, 0.25) is 0 Å². The van der Waals surface area contributed by atoms with Crippen molar-refractivity contribution >= 4 is 5.97 Å². The fraction of sp³-hybridized carbons (Fsp3) is 0.714. The van der Waals surface area contributed by atoms with Crippen LogP contribution in [0.25, 0.3) is 0 Å². The molecule has 0 spiro atoms. The summed E-state index contributed by atoms with van der Waals surface area (Å²) in [6, 6.07) is 0. The Labute approximate surface area is 118 Å². The molecule has 3 heterocycles. The Morgan fingerprint density at radius 1 is 1.40 bits per heavy atom. The maximum atomic E-state index is 11.3. The first-order valence-corrected chi connectivity index (χ1v) is 7.33. The van der Waals surface area contributed by atoms with Gasteiger partial charge in [-0.1, -0.05) is 0 Å². The molecule has 1 aromatic heterocycles. The highest BCUT2D eigenvalue weighted by atomic mass is 16.5. The van der Waals surface area contributed by atoms with Crippen LogP contribution in [0.15, 0.2) is 6.20 Å². The van der Waals surface area contributed by atoms with E-state index in [1.165, 1.54) is 0 Å². The van der Waals surface area contributed by atoms with E-state index in [4.69, 9.17) is 4.74 Å². The average Bonchev–Trinajstić information content (AvgIpc) is 2.89. The Morgan fingerprint density at radius 2 is 2.20 bits per heavy atom. The molecule has 0 saturated carbocycles. The van der Waals surface area contributed by atoms with Crippen LogP contribution in [0.5, 0.6) is 0 Å². The molecule has 1 atom stereocenters. The van der Waals surface area contributed by atoms with Gasteiger partial charge in [0.15, 0.2) is 0 Å². The number of hydrogen-bond acceptors (Lipinski definition) is 4. The summed E-state index contributed by atoms with van der Waals surface area (Å²) in [4.78, 5) is 18.1. The number of carboxylic acid groups (broad SMARTS) is 1. The van der Waals surface area contributed by atoms with Crippen molar-refractivity contribution in [3.8, 4) is 0 Å². The Kier molecular flexibility index (Phi) is 4.03. The fourth-order valence-electron chi connectivity index (χ4n) is 3.10. The number of nitrogens with zero attached hydrogens (tertiary/aromatic N) is 3. The summed E-state index contributed by atoms with van der Waals surface area (Å²) >= 11 is 0. The molecule has 6 heteroatoms. The van der Waals surface area contributed by atoms with Crippen molar-refractivity contribution in [2.45, 2.75) is 31.7 Å². The molecule has 2 aliphatic heterocycles. The Morgan fingerprint density at radius 3 is 2.95 bits per heavy atom. The van der Waals surface area contributed by atoms with Gasteiger partial charge in [-0.15, -0.1) is 0 Å². The largest absolute Gasteiger partial charge is 0.481 e. The van der Waals surface area contributed by atoms with Crippen LogP contribution in [0.3, 0.4) is 0 Å². The highest BCUT2D eigenvalue weighted by molar-refractivity contribution is 5.75. The number of aliphatic carboxylic acids is 1. The number of hydrogen-bond donors (Lipinski definition) is 1. The molecule has 0 bridgehead atoms. The maximum absolute atomic E-state index is 11.3. The number of ether oxygens (including phenoxy) is 1. The van der Waals surface area contributed by atoms with Gasteiger partial charge in [-0.25, -0.2) is 4.98 Å². The maximum Gasteiger partial charge on any atom is 0.312 e. The molecule has 2 aliphatic rings. The van der Waals surface area contributed by atoms with Gasteiger partial charge in [0.25, 0.3) is 0 Å². The Bertz CT molecular complexity index is 480. The third-order valence-electron chi connectivity index (χ3n) is 4.25. The summed E-state index contributed by atoms with van der Waals surface area (Å²) in [5.74, 6) is -0.0867. The van der Waals surface area contributed by atoms with Crippen LogP contribution in [0.1, 0.15) is 30.3 Å². The van der Waals surface area contributed by atoms with E-state index in [1.807, 2.05) is 0 Å². The Balaban J connectivity index is 1.67. The minimum absolute atomic E-state index is 0.381. The van der Waals surface area contributed by atoms with Gasteiger partial charge in [0, 0.05) is 38.8 Å². The molecular weight excluding hydrogens is 258 g/mol. The minimum atomic E-state index is -0.731. The third-order valence-corrected chi connectivity index (χ3v) is 4.25. The topological polar surface area (TPSA) is 67.6 Å². The smallest absolute Gasteiger partial charge is 0.312 e. The summed E-state index contributed by atoms with van der Waals surface area (Å²) in [5, 5.41) is 9.26. The summed E-state index contributed by atoms with van der Waals surface area (Å²) in [5.41, 5.74) is 0.876. The van der Waals surface area contributed by atoms with Gasteiger partial charge in [0.1, 0.15) is 5.82 Å². The van der Waals surface area contributed by atoms with Crippen molar-refractivity contribution in [1.82, 2.24) is 14.5 Å². The fourth-order valence-corrected chi connectivity index (χ4v) is 3.10. The summed E-state index contributed by atoms with van der Waals surface area (Å²) in [6.45, 7) is 5.44. The SMILES string of the molecule is O=C(O)C1CCCn2c1cnc2CCN1CCOCC1. The molecule has 20 heavy (non-hydrogen) atoms. The number of aromatic nitrogens is 2. The monoisotopic (exact) mass is 279 g/mol. The lowest BCUT2D eigenvalue weighted by Gasteiger charge is -2.27. The van der Waals surface area contributed by atoms with Crippen molar-refractivity contribution < 1.29 is 14.6 Å².